The van der Waals surface area contributed by atoms with Crippen LogP contribution < -0.4 is 5.73 Å². The minimum atomic E-state index is 0.121. The van der Waals surface area contributed by atoms with Crippen molar-refractivity contribution in [1.82, 2.24) is 4.90 Å². The third kappa shape index (κ3) is 6.67. The number of amidine groups is 1. The summed E-state index contributed by atoms with van der Waals surface area (Å²) in [5.74, 6) is 0.447. The number of hydrogen-bond donors (Lipinski definition) is 2. The molecule has 0 saturated carbocycles. The van der Waals surface area contributed by atoms with Crippen molar-refractivity contribution in [2.45, 2.75) is 46.5 Å². The minimum Gasteiger partial charge on any atom is -0.409 e. The molecule has 4 heteroatoms. The lowest BCUT2D eigenvalue weighted by molar-refractivity contribution is 0.259. The molecule has 0 aliphatic carbocycles. The van der Waals surface area contributed by atoms with Crippen molar-refractivity contribution in [3.63, 3.8) is 0 Å². The first-order valence-corrected chi connectivity index (χ1v) is 6.35. The standard InChI is InChI=1S/C12H27N3O/c1-4-6-7-8-9-15(5-2)10-11(3)12(13)14-16/h11,16H,4-10H2,1-3H3,(H2,13,14). The Bertz CT molecular complexity index is 195. The van der Waals surface area contributed by atoms with E-state index < -0.39 is 0 Å². The van der Waals surface area contributed by atoms with Gasteiger partial charge in [0.25, 0.3) is 0 Å². The van der Waals surface area contributed by atoms with Crippen LogP contribution in [0.25, 0.3) is 0 Å². The molecule has 0 aromatic carbocycles. The summed E-state index contributed by atoms with van der Waals surface area (Å²) in [6, 6.07) is 0. The Hall–Kier alpha value is -0.770. The summed E-state index contributed by atoms with van der Waals surface area (Å²) >= 11 is 0. The first-order valence-electron chi connectivity index (χ1n) is 6.35. The van der Waals surface area contributed by atoms with Crippen molar-refractivity contribution in [2.24, 2.45) is 16.8 Å². The molecule has 1 unspecified atom stereocenters. The molecule has 0 amide bonds. The van der Waals surface area contributed by atoms with E-state index in [1.807, 2.05) is 6.92 Å². The van der Waals surface area contributed by atoms with E-state index in [0.717, 1.165) is 19.6 Å². The molecule has 0 bridgehead atoms. The van der Waals surface area contributed by atoms with Gasteiger partial charge in [0.1, 0.15) is 5.84 Å². The summed E-state index contributed by atoms with van der Waals surface area (Å²) in [6.07, 6.45) is 5.12. The van der Waals surface area contributed by atoms with E-state index in [0.29, 0.717) is 5.84 Å². The van der Waals surface area contributed by atoms with E-state index in [4.69, 9.17) is 10.9 Å². The van der Waals surface area contributed by atoms with Gasteiger partial charge in [-0.1, -0.05) is 45.2 Å². The summed E-state index contributed by atoms with van der Waals surface area (Å²) in [4.78, 5) is 2.36. The molecule has 0 aromatic rings. The van der Waals surface area contributed by atoms with Gasteiger partial charge < -0.3 is 15.8 Å². The third-order valence-corrected chi connectivity index (χ3v) is 2.93. The molecule has 96 valence electrons. The zero-order chi connectivity index (χ0) is 12.4. The van der Waals surface area contributed by atoms with Crippen molar-refractivity contribution >= 4 is 5.84 Å². The van der Waals surface area contributed by atoms with Crippen molar-refractivity contribution in [3.05, 3.63) is 0 Å². The molecule has 0 aromatic heterocycles. The Morgan fingerprint density at radius 1 is 1.31 bits per heavy atom. The largest absolute Gasteiger partial charge is 0.409 e. The van der Waals surface area contributed by atoms with Crippen LogP contribution in [0.1, 0.15) is 46.5 Å². The molecule has 0 heterocycles. The Kier molecular flexibility index (Phi) is 9.00. The summed E-state index contributed by atoms with van der Waals surface area (Å²) in [5.41, 5.74) is 5.57. The highest BCUT2D eigenvalue weighted by molar-refractivity contribution is 5.82. The Balaban J connectivity index is 3.82. The summed E-state index contributed by atoms with van der Waals surface area (Å²) in [6.45, 7) is 9.37. The first kappa shape index (κ1) is 15.2. The van der Waals surface area contributed by atoms with Gasteiger partial charge in [-0.15, -0.1) is 0 Å². The highest BCUT2D eigenvalue weighted by atomic mass is 16.4. The van der Waals surface area contributed by atoms with Crippen molar-refractivity contribution in [3.8, 4) is 0 Å². The fraction of sp³-hybridized carbons (Fsp3) is 0.917. The lowest BCUT2D eigenvalue weighted by Crippen LogP contribution is -2.35. The zero-order valence-corrected chi connectivity index (χ0v) is 10.9. The normalized spacial score (nSPS) is 14.4. The Morgan fingerprint density at radius 2 is 2.00 bits per heavy atom. The number of rotatable bonds is 9. The van der Waals surface area contributed by atoms with Crippen molar-refractivity contribution in [2.75, 3.05) is 19.6 Å². The monoisotopic (exact) mass is 229 g/mol. The van der Waals surface area contributed by atoms with Crippen LogP contribution in [0.3, 0.4) is 0 Å². The molecule has 0 spiro atoms. The van der Waals surface area contributed by atoms with E-state index in [1.165, 1.54) is 25.7 Å². The van der Waals surface area contributed by atoms with Gasteiger partial charge in [-0.25, -0.2) is 0 Å². The molecule has 4 nitrogen and oxygen atoms in total. The molecular formula is C12H27N3O. The fourth-order valence-corrected chi connectivity index (χ4v) is 1.72. The van der Waals surface area contributed by atoms with Gasteiger partial charge >= 0.3 is 0 Å². The fourth-order valence-electron chi connectivity index (χ4n) is 1.72. The van der Waals surface area contributed by atoms with E-state index in [9.17, 15) is 0 Å². The molecule has 0 aliphatic heterocycles. The van der Waals surface area contributed by atoms with Gasteiger partial charge in [0.05, 0.1) is 0 Å². The molecule has 0 saturated heterocycles. The van der Waals surface area contributed by atoms with Crippen LogP contribution in [0.5, 0.6) is 0 Å². The van der Waals surface area contributed by atoms with Crippen LogP contribution in [-0.4, -0.2) is 35.6 Å². The molecule has 16 heavy (non-hydrogen) atoms. The molecule has 3 N–H and O–H groups in total. The summed E-state index contributed by atoms with van der Waals surface area (Å²) in [5, 5.41) is 11.6. The van der Waals surface area contributed by atoms with Crippen LogP contribution in [0.2, 0.25) is 0 Å². The topological polar surface area (TPSA) is 61.8 Å². The van der Waals surface area contributed by atoms with Crippen LogP contribution in [0.15, 0.2) is 5.16 Å². The summed E-state index contributed by atoms with van der Waals surface area (Å²) < 4.78 is 0. The maximum absolute atomic E-state index is 8.58. The number of oxime groups is 1. The highest BCUT2D eigenvalue weighted by Crippen LogP contribution is 2.04. The van der Waals surface area contributed by atoms with Crippen molar-refractivity contribution < 1.29 is 5.21 Å². The number of nitrogens with two attached hydrogens (primary N) is 1. The minimum absolute atomic E-state index is 0.121. The van der Waals surface area contributed by atoms with Gasteiger partial charge in [0.2, 0.25) is 0 Å². The van der Waals surface area contributed by atoms with Crippen LogP contribution in [0, 0.1) is 5.92 Å². The smallest absolute Gasteiger partial charge is 0.143 e. The second kappa shape index (κ2) is 9.46. The number of nitrogens with zero attached hydrogens (tertiary/aromatic N) is 2. The average Bonchev–Trinajstić information content (AvgIpc) is 2.31. The number of hydrogen-bond acceptors (Lipinski definition) is 3. The molecule has 1 atom stereocenters. The third-order valence-electron chi connectivity index (χ3n) is 2.93. The lowest BCUT2D eigenvalue weighted by Gasteiger charge is -2.23. The maximum Gasteiger partial charge on any atom is 0.143 e. The maximum atomic E-state index is 8.58. The second-order valence-corrected chi connectivity index (χ2v) is 4.38. The quantitative estimate of drug-likeness (QED) is 0.210. The van der Waals surface area contributed by atoms with Crippen LogP contribution >= 0.6 is 0 Å². The zero-order valence-electron chi connectivity index (χ0n) is 10.9. The predicted octanol–water partition coefficient (Wildman–Crippen LogP) is 2.27. The van der Waals surface area contributed by atoms with Gasteiger partial charge in [0, 0.05) is 12.5 Å². The number of unbranched alkanes of at least 4 members (excludes halogenated alkanes) is 3. The van der Waals surface area contributed by atoms with Gasteiger partial charge in [-0.05, 0) is 19.5 Å². The van der Waals surface area contributed by atoms with E-state index in [-0.39, 0.29) is 5.92 Å². The molecule has 0 fully saturated rings. The molecule has 0 aliphatic rings. The van der Waals surface area contributed by atoms with E-state index >= 15 is 0 Å². The van der Waals surface area contributed by atoms with E-state index in [2.05, 4.69) is 23.9 Å². The van der Waals surface area contributed by atoms with Gasteiger partial charge in [-0.3, -0.25) is 0 Å². The van der Waals surface area contributed by atoms with Gasteiger partial charge in [-0.2, -0.15) is 0 Å². The highest BCUT2D eigenvalue weighted by Gasteiger charge is 2.11. The van der Waals surface area contributed by atoms with Crippen molar-refractivity contribution in [1.29, 1.82) is 0 Å². The average molecular weight is 229 g/mol. The second-order valence-electron chi connectivity index (χ2n) is 4.38. The predicted molar refractivity (Wildman–Crippen MR) is 68.8 cm³/mol. The SMILES string of the molecule is CCCCCCN(CC)CC(C)C(N)=NO. The molecule has 0 rings (SSSR count). The first-order chi connectivity index (χ1) is 7.65. The lowest BCUT2D eigenvalue weighted by atomic mass is 10.1. The summed E-state index contributed by atoms with van der Waals surface area (Å²) in [7, 11) is 0. The Labute approximate surface area is 99.5 Å². The van der Waals surface area contributed by atoms with Crippen LogP contribution in [-0.2, 0) is 0 Å². The van der Waals surface area contributed by atoms with Crippen LogP contribution in [0.4, 0.5) is 0 Å². The molecular weight excluding hydrogens is 202 g/mol. The van der Waals surface area contributed by atoms with E-state index in [1.54, 1.807) is 0 Å². The molecule has 0 radical (unpaired) electrons. The Morgan fingerprint density at radius 3 is 2.50 bits per heavy atom. The van der Waals surface area contributed by atoms with Gasteiger partial charge in [0.15, 0.2) is 0 Å².